The Balaban J connectivity index is 1.92. The predicted molar refractivity (Wildman–Crippen MR) is 83.7 cm³/mol. The normalized spacial score (nSPS) is 13.4. The van der Waals surface area contributed by atoms with Gasteiger partial charge in [-0.25, -0.2) is 0 Å². The van der Waals surface area contributed by atoms with Crippen LogP contribution in [0.2, 0.25) is 0 Å². The third-order valence-electron chi connectivity index (χ3n) is 3.82. The van der Waals surface area contributed by atoms with E-state index in [9.17, 15) is 0 Å². The lowest BCUT2D eigenvalue weighted by Gasteiger charge is -2.21. The maximum atomic E-state index is 5.73. The Bertz CT molecular complexity index is 592. The Morgan fingerprint density at radius 3 is 2.80 bits per heavy atom. The molecule has 3 rings (SSSR count). The molecule has 0 spiro atoms. The van der Waals surface area contributed by atoms with Crippen molar-refractivity contribution in [1.82, 2.24) is 0 Å². The standard InChI is InChI=1S/C18H21NO/c1-2-20-17-11-4-3-7-15(17)13-16-9-5-8-14-10-6-12-19-18(14)16/h3-5,7-9,11,19H,2,6,10,12-13H2,1H3. The van der Waals surface area contributed by atoms with Gasteiger partial charge >= 0.3 is 0 Å². The van der Waals surface area contributed by atoms with Crippen molar-refractivity contribution in [2.24, 2.45) is 0 Å². The van der Waals surface area contributed by atoms with Gasteiger partial charge < -0.3 is 10.1 Å². The molecule has 2 nitrogen and oxygen atoms in total. The molecule has 0 unspecified atom stereocenters. The average molecular weight is 267 g/mol. The fourth-order valence-corrected chi connectivity index (χ4v) is 2.88. The molecule has 0 aromatic heterocycles. The van der Waals surface area contributed by atoms with Crippen LogP contribution in [0.4, 0.5) is 5.69 Å². The van der Waals surface area contributed by atoms with Crippen LogP contribution in [-0.4, -0.2) is 13.2 Å². The Labute approximate surface area is 120 Å². The molecule has 0 bridgehead atoms. The van der Waals surface area contributed by atoms with Crippen molar-refractivity contribution >= 4 is 5.69 Å². The van der Waals surface area contributed by atoms with Crippen LogP contribution >= 0.6 is 0 Å². The number of hydrogen-bond donors (Lipinski definition) is 1. The summed E-state index contributed by atoms with van der Waals surface area (Å²) >= 11 is 0. The van der Waals surface area contributed by atoms with Crippen molar-refractivity contribution < 1.29 is 4.74 Å². The van der Waals surface area contributed by atoms with E-state index < -0.39 is 0 Å². The summed E-state index contributed by atoms with van der Waals surface area (Å²) < 4.78 is 5.73. The van der Waals surface area contributed by atoms with Gasteiger partial charge in [-0.2, -0.15) is 0 Å². The number of aryl methyl sites for hydroxylation is 1. The number of anilines is 1. The van der Waals surface area contributed by atoms with Crippen LogP contribution in [0.15, 0.2) is 42.5 Å². The van der Waals surface area contributed by atoms with Crippen LogP contribution in [0, 0.1) is 0 Å². The van der Waals surface area contributed by atoms with Gasteiger partial charge in [0.1, 0.15) is 5.75 Å². The molecule has 0 saturated heterocycles. The fraction of sp³-hybridized carbons (Fsp3) is 0.333. The van der Waals surface area contributed by atoms with Crippen molar-refractivity contribution in [1.29, 1.82) is 0 Å². The van der Waals surface area contributed by atoms with Gasteiger partial charge in [0, 0.05) is 18.7 Å². The van der Waals surface area contributed by atoms with E-state index in [1.54, 1.807) is 0 Å². The number of para-hydroxylation sites is 2. The second-order valence-electron chi connectivity index (χ2n) is 5.20. The summed E-state index contributed by atoms with van der Waals surface area (Å²) in [6, 6.07) is 15.0. The third-order valence-corrected chi connectivity index (χ3v) is 3.82. The third kappa shape index (κ3) is 2.64. The molecule has 0 aliphatic carbocycles. The highest BCUT2D eigenvalue weighted by atomic mass is 16.5. The molecular weight excluding hydrogens is 246 g/mol. The smallest absolute Gasteiger partial charge is 0.122 e. The Morgan fingerprint density at radius 1 is 1.05 bits per heavy atom. The summed E-state index contributed by atoms with van der Waals surface area (Å²) in [7, 11) is 0. The summed E-state index contributed by atoms with van der Waals surface area (Å²) in [6.07, 6.45) is 3.33. The highest BCUT2D eigenvalue weighted by Crippen LogP contribution is 2.30. The second-order valence-corrected chi connectivity index (χ2v) is 5.20. The fourth-order valence-electron chi connectivity index (χ4n) is 2.88. The van der Waals surface area contributed by atoms with E-state index in [4.69, 9.17) is 4.74 Å². The van der Waals surface area contributed by atoms with E-state index in [1.807, 2.05) is 13.0 Å². The molecule has 1 aliphatic heterocycles. The number of ether oxygens (including phenoxy) is 1. The van der Waals surface area contributed by atoms with Crippen LogP contribution in [0.5, 0.6) is 5.75 Å². The van der Waals surface area contributed by atoms with Crippen molar-refractivity contribution in [2.75, 3.05) is 18.5 Å². The lowest BCUT2D eigenvalue weighted by Crippen LogP contribution is -2.14. The molecule has 0 atom stereocenters. The molecule has 1 heterocycles. The van der Waals surface area contributed by atoms with Gasteiger partial charge in [0.25, 0.3) is 0 Å². The van der Waals surface area contributed by atoms with E-state index in [2.05, 4.69) is 41.7 Å². The number of hydrogen-bond acceptors (Lipinski definition) is 2. The van der Waals surface area contributed by atoms with Crippen molar-refractivity contribution in [3.63, 3.8) is 0 Å². The minimum atomic E-state index is 0.710. The Morgan fingerprint density at radius 2 is 1.90 bits per heavy atom. The zero-order chi connectivity index (χ0) is 13.8. The molecule has 0 fully saturated rings. The predicted octanol–water partition coefficient (Wildman–Crippen LogP) is 4.03. The zero-order valence-electron chi connectivity index (χ0n) is 12.0. The zero-order valence-corrected chi connectivity index (χ0v) is 12.0. The summed E-state index contributed by atoms with van der Waals surface area (Å²) in [5.74, 6) is 1.00. The first-order valence-corrected chi connectivity index (χ1v) is 7.44. The maximum Gasteiger partial charge on any atom is 0.122 e. The van der Waals surface area contributed by atoms with E-state index in [1.165, 1.54) is 35.2 Å². The number of nitrogens with one attached hydrogen (secondary N) is 1. The molecule has 0 amide bonds. The molecule has 2 heteroatoms. The minimum Gasteiger partial charge on any atom is -0.494 e. The van der Waals surface area contributed by atoms with E-state index in [-0.39, 0.29) is 0 Å². The molecule has 2 aromatic carbocycles. The van der Waals surface area contributed by atoms with Crippen LogP contribution in [0.1, 0.15) is 30.0 Å². The minimum absolute atomic E-state index is 0.710. The summed E-state index contributed by atoms with van der Waals surface area (Å²) in [6.45, 7) is 3.82. The lowest BCUT2D eigenvalue weighted by atomic mass is 9.95. The molecule has 1 aliphatic rings. The van der Waals surface area contributed by atoms with Crippen LogP contribution in [-0.2, 0) is 12.8 Å². The van der Waals surface area contributed by atoms with Gasteiger partial charge in [0.2, 0.25) is 0 Å². The number of benzene rings is 2. The molecule has 0 radical (unpaired) electrons. The molecule has 0 saturated carbocycles. The quantitative estimate of drug-likeness (QED) is 0.903. The van der Waals surface area contributed by atoms with Crippen molar-refractivity contribution in [3.05, 3.63) is 59.2 Å². The molecule has 1 N–H and O–H groups in total. The maximum absolute atomic E-state index is 5.73. The lowest BCUT2D eigenvalue weighted by molar-refractivity contribution is 0.337. The highest BCUT2D eigenvalue weighted by Gasteiger charge is 2.13. The number of rotatable bonds is 4. The molecule has 2 aromatic rings. The topological polar surface area (TPSA) is 21.3 Å². The first kappa shape index (κ1) is 13.0. The molecule has 20 heavy (non-hydrogen) atoms. The van der Waals surface area contributed by atoms with Crippen LogP contribution in [0.25, 0.3) is 0 Å². The molecule has 104 valence electrons. The van der Waals surface area contributed by atoms with E-state index in [0.29, 0.717) is 6.61 Å². The first-order chi connectivity index (χ1) is 9.88. The summed E-state index contributed by atoms with van der Waals surface area (Å²) in [5, 5.41) is 3.56. The highest BCUT2D eigenvalue weighted by molar-refractivity contribution is 5.60. The first-order valence-electron chi connectivity index (χ1n) is 7.44. The van der Waals surface area contributed by atoms with Gasteiger partial charge in [-0.3, -0.25) is 0 Å². The Kier molecular flexibility index (Phi) is 3.91. The summed E-state index contributed by atoms with van der Waals surface area (Å²) in [4.78, 5) is 0. The van der Waals surface area contributed by atoms with Gasteiger partial charge in [-0.1, -0.05) is 36.4 Å². The monoisotopic (exact) mass is 267 g/mol. The van der Waals surface area contributed by atoms with Crippen molar-refractivity contribution in [3.8, 4) is 5.75 Å². The van der Waals surface area contributed by atoms with Gasteiger partial charge in [-0.15, -0.1) is 0 Å². The van der Waals surface area contributed by atoms with Gasteiger partial charge in [0.15, 0.2) is 0 Å². The van der Waals surface area contributed by atoms with E-state index in [0.717, 1.165) is 18.7 Å². The van der Waals surface area contributed by atoms with Crippen LogP contribution < -0.4 is 10.1 Å². The summed E-state index contributed by atoms with van der Waals surface area (Å²) in [5.41, 5.74) is 5.41. The van der Waals surface area contributed by atoms with E-state index >= 15 is 0 Å². The average Bonchev–Trinajstić information content (AvgIpc) is 2.50. The SMILES string of the molecule is CCOc1ccccc1Cc1cccc2c1NCCC2. The van der Waals surface area contributed by atoms with Crippen LogP contribution in [0.3, 0.4) is 0 Å². The second kappa shape index (κ2) is 6.00. The Hall–Kier alpha value is -1.96. The van der Waals surface area contributed by atoms with Gasteiger partial charge in [0.05, 0.1) is 6.61 Å². The molecular formula is C18H21NO. The van der Waals surface area contributed by atoms with Gasteiger partial charge in [-0.05, 0) is 42.5 Å². The van der Waals surface area contributed by atoms with Crippen molar-refractivity contribution in [2.45, 2.75) is 26.2 Å². The number of fused-ring (bicyclic) bond motifs is 1. The largest absolute Gasteiger partial charge is 0.494 e.